The van der Waals surface area contributed by atoms with E-state index in [2.05, 4.69) is 30.3 Å². The zero-order valence-corrected chi connectivity index (χ0v) is 10.3. The Kier molecular flexibility index (Phi) is 2.76. The minimum atomic E-state index is -0.433. The number of hydrogen-bond acceptors (Lipinski definition) is 1. The van der Waals surface area contributed by atoms with Crippen molar-refractivity contribution >= 4 is 33.5 Å². The van der Waals surface area contributed by atoms with Crippen molar-refractivity contribution in [1.29, 1.82) is 0 Å². The summed E-state index contributed by atoms with van der Waals surface area (Å²) in [6.45, 7) is 0. The fourth-order valence-electron chi connectivity index (χ4n) is 2.39. The maximum absolute atomic E-state index is 11.0. The lowest BCUT2D eigenvalue weighted by molar-refractivity contribution is -0.113. The maximum Gasteiger partial charge on any atom is 0.241 e. The first-order chi connectivity index (χ1) is 9.25. The van der Waals surface area contributed by atoms with E-state index in [1.165, 1.54) is 6.08 Å². The fourth-order valence-corrected chi connectivity index (χ4v) is 2.39. The normalized spacial score (nSPS) is 11.4. The number of carbonyl (C=O) groups is 1. The quantitative estimate of drug-likeness (QED) is 0.546. The van der Waals surface area contributed by atoms with Gasteiger partial charge in [0, 0.05) is 6.08 Å². The number of hydrogen-bond donors (Lipinski definition) is 1. The number of primary amides is 1. The van der Waals surface area contributed by atoms with Gasteiger partial charge in [-0.3, -0.25) is 4.79 Å². The second-order valence-electron chi connectivity index (χ2n) is 4.47. The van der Waals surface area contributed by atoms with Crippen molar-refractivity contribution < 1.29 is 4.79 Å². The molecule has 92 valence electrons. The highest BCUT2D eigenvalue weighted by molar-refractivity contribution is 6.08. The van der Waals surface area contributed by atoms with Gasteiger partial charge in [0.05, 0.1) is 0 Å². The van der Waals surface area contributed by atoms with Crippen molar-refractivity contribution in [3.05, 3.63) is 66.2 Å². The first-order valence-electron chi connectivity index (χ1n) is 6.14. The van der Waals surface area contributed by atoms with E-state index in [4.69, 9.17) is 5.73 Å². The van der Waals surface area contributed by atoms with Crippen LogP contribution in [0.5, 0.6) is 0 Å². The summed E-state index contributed by atoms with van der Waals surface area (Å²) in [4.78, 5) is 11.0. The van der Waals surface area contributed by atoms with Crippen molar-refractivity contribution in [2.45, 2.75) is 0 Å². The molecule has 3 aromatic rings. The van der Waals surface area contributed by atoms with Gasteiger partial charge in [0.1, 0.15) is 0 Å². The lowest BCUT2D eigenvalue weighted by atomic mass is 9.96. The van der Waals surface area contributed by atoms with Gasteiger partial charge in [0.25, 0.3) is 0 Å². The van der Waals surface area contributed by atoms with Crippen molar-refractivity contribution in [2.75, 3.05) is 0 Å². The van der Waals surface area contributed by atoms with Gasteiger partial charge in [0.15, 0.2) is 0 Å². The molecule has 0 saturated carbocycles. The lowest BCUT2D eigenvalue weighted by Crippen LogP contribution is -2.05. The number of amides is 1. The van der Waals surface area contributed by atoms with Crippen molar-refractivity contribution in [3.63, 3.8) is 0 Å². The maximum atomic E-state index is 11.0. The van der Waals surface area contributed by atoms with Crippen LogP contribution in [0.4, 0.5) is 0 Å². The highest BCUT2D eigenvalue weighted by atomic mass is 16.1. The van der Waals surface area contributed by atoms with Gasteiger partial charge in [-0.05, 0) is 39.3 Å². The molecule has 0 aliphatic carbocycles. The molecule has 0 aliphatic rings. The SMILES string of the molecule is NC(=O)C=Cc1c2ccccc2cc2ccccc12. The molecule has 19 heavy (non-hydrogen) atoms. The van der Waals surface area contributed by atoms with Crippen molar-refractivity contribution in [2.24, 2.45) is 5.73 Å². The highest BCUT2D eigenvalue weighted by Gasteiger charge is 2.04. The summed E-state index contributed by atoms with van der Waals surface area (Å²) in [6, 6.07) is 18.4. The zero-order valence-electron chi connectivity index (χ0n) is 10.3. The van der Waals surface area contributed by atoms with E-state index in [1.54, 1.807) is 6.08 Å². The number of nitrogens with two attached hydrogens (primary N) is 1. The van der Waals surface area contributed by atoms with Gasteiger partial charge in [0.2, 0.25) is 5.91 Å². The molecule has 2 heteroatoms. The summed E-state index contributed by atoms with van der Waals surface area (Å²) < 4.78 is 0. The molecule has 0 fully saturated rings. The molecule has 0 atom stereocenters. The molecule has 0 radical (unpaired) electrons. The second kappa shape index (κ2) is 4.58. The van der Waals surface area contributed by atoms with E-state index in [9.17, 15) is 4.79 Å². The number of carbonyl (C=O) groups excluding carboxylic acids is 1. The van der Waals surface area contributed by atoms with E-state index in [0.29, 0.717) is 0 Å². The van der Waals surface area contributed by atoms with Gasteiger partial charge < -0.3 is 5.73 Å². The van der Waals surface area contributed by atoms with Gasteiger partial charge in [-0.15, -0.1) is 0 Å². The molecule has 0 spiro atoms. The Labute approximate surface area is 111 Å². The van der Waals surface area contributed by atoms with Crippen LogP contribution in [-0.4, -0.2) is 5.91 Å². The number of fused-ring (bicyclic) bond motifs is 2. The Morgan fingerprint density at radius 3 is 1.95 bits per heavy atom. The molecule has 2 nitrogen and oxygen atoms in total. The van der Waals surface area contributed by atoms with Crippen LogP contribution >= 0.6 is 0 Å². The molecule has 1 amide bonds. The predicted octanol–water partition coefficient (Wildman–Crippen LogP) is 3.49. The minimum absolute atomic E-state index is 0.433. The van der Waals surface area contributed by atoms with E-state index in [-0.39, 0.29) is 0 Å². The molecule has 0 aromatic heterocycles. The molecule has 3 aromatic carbocycles. The second-order valence-corrected chi connectivity index (χ2v) is 4.47. The molecule has 0 heterocycles. The first kappa shape index (κ1) is 11.5. The molecular weight excluding hydrogens is 234 g/mol. The van der Waals surface area contributed by atoms with E-state index < -0.39 is 5.91 Å². The van der Waals surface area contributed by atoms with Gasteiger partial charge in [-0.25, -0.2) is 0 Å². The van der Waals surface area contributed by atoms with Crippen LogP contribution in [0, 0.1) is 0 Å². The average molecular weight is 247 g/mol. The third kappa shape index (κ3) is 2.08. The average Bonchev–Trinajstić information content (AvgIpc) is 2.43. The van der Waals surface area contributed by atoms with Gasteiger partial charge >= 0.3 is 0 Å². The largest absolute Gasteiger partial charge is 0.366 e. The molecule has 0 saturated heterocycles. The standard InChI is InChI=1S/C17H13NO/c18-17(19)10-9-16-14-7-3-1-5-12(14)11-13-6-2-4-8-15(13)16/h1-11H,(H2,18,19). The minimum Gasteiger partial charge on any atom is -0.366 e. The van der Waals surface area contributed by atoms with Crippen LogP contribution < -0.4 is 5.73 Å². The van der Waals surface area contributed by atoms with Crippen LogP contribution in [0.3, 0.4) is 0 Å². The Hall–Kier alpha value is -2.61. The Bertz CT molecular complexity index is 749. The molecule has 0 aliphatic heterocycles. The summed E-state index contributed by atoms with van der Waals surface area (Å²) in [5, 5.41) is 4.56. The van der Waals surface area contributed by atoms with E-state index in [0.717, 1.165) is 27.1 Å². The zero-order chi connectivity index (χ0) is 13.2. The topological polar surface area (TPSA) is 43.1 Å². The van der Waals surface area contributed by atoms with Gasteiger partial charge in [-0.2, -0.15) is 0 Å². The molecule has 2 N–H and O–H groups in total. The Morgan fingerprint density at radius 2 is 1.42 bits per heavy atom. The number of rotatable bonds is 2. The predicted molar refractivity (Wildman–Crippen MR) is 79.7 cm³/mol. The first-order valence-corrected chi connectivity index (χ1v) is 6.14. The molecule has 3 rings (SSSR count). The summed E-state index contributed by atoms with van der Waals surface area (Å²) >= 11 is 0. The Morgan fingerprint density at radius 1 is 0.895 bits per heavy atom. The van der Waals surface area contributed by atoms with Gasteiger partial charge in [-0.1, -0.05) is 48.5 Å². The van der Waals surface area contributed by atoms with Crippen LogP contribution in [0.1, 0.15) is 5.56 Å². The van der Waals surface area contributed by atoms with Crippen LogP contribution in [0.15, 0.2) is 60.7 Å². The summed E-state index contributed by atoms with van der Waals surface area (Å²) in [6.07, 6.45) is 3.21. The smallest absolute Gasteiger partial charge is 0.241 e. The van der Waals surface area contributed by atoms with Crippen LogP contribution in [0.25, 0.3) is 27.6 Å². The Balaban J connectivity index is 2.42. The summed E-state index contributed by atoms with van der Waals surface area (Å²) in [5.74, 6) is -0.433. The summed E-state index contributed by atoms with van der Waals surface area (Å²) in [5.41, 5.74) is 6.24. The highest BCUT2D eigenvalue weighted by Crippen LogP contribution is 2.29. The van der Waals surface area contributed by atoms with E-state index in [1.807, 2.05) is 24.3 Å². The summed E-state index contributed by atoms with van der Waals surface area (Å²) in [7, 11) is 0. The number of benzene rings is 3. The molecule has 0 unspecified atom stereocenters. The molecule has 0 bridgehead atoms. The van der Waals surface area contributed by atoms with Crippen molar-refractivity contribution in [1.82, 2.24) is 0 Å². The molecular formula is C17H13NO. The van der Waals surface area contributed by atoms with Crippen LogP contribution in [-0.2, 0) is 4.79 Å². The fraction of sp³-hybridized carbons (Fsp3) is 0. The van der Waals surface area contributed by atoms with Crippen molar-refractivity contribution in [3.8, 4) is 0 Å². The van der Waals surface area contributed by atoms with Crippen LogP contribution in [0.2, 0.25) is 0 Å². The lowest BCUT2D eigenvalue weighted by Gasteiger charge is -2.07. The third-order valence-corrected chi connectivity index (χ3v) is 3.23. The third-order valence-electron chi connectivity index (χ3n) is 3.23. The van der Waals surface area contributed by atoms with E-state index >= 15 is 0 Å². The monoisotopic (exact) mass is 247 g/mol.